The van der Waals surface area contributed by atoms with Crippen molar-refractivity contribution in [2.45, 2.75) is 45.9 Å². The van der Waals surface area contributed by atoms with Gasteiger partial charge in [0, 0.05) is 31.6 Å². The van der Waals surface area contributed by atoms with E-state index in [1.54, 1.807) is 11.3 Å². The molecule has 27 heavy (non-hydrogen) atoms. The zero-order valence-electron chi connectivity index (χ0n) is 16.6. The fourth-order valence-electron chi connectivity index (χ4n) is 3.44. The Bertz CT molecular complexity index is 762. The first-order valence-electron chi connectivity index (χ1n) is 9.60. The van der Waals surface area contributed by atoms with Crippen LogP contribution in [0.25, 0.3) is 0 Å². The molecule has 1 amide bonds. The molecule has 0 unspecified atom stereocenters. The molecule has 2 aromatic rings. The lowest BCUT2D eigenvalue weighted by Gasteiger charge is -2.35. The van der Waals surface area contributed by atoms with Gasteiger partial charge >= 0.3 is 0 Å². The molecule has 0 bridgehead atoms. The summed E-state index contributed by atoms with van der Waals surface area (Å²) in [6, 6.07) is 10.4. The first kappa shape index (κ1) is 20.0. The Kier molecular flexibility index (Phi) is 6.63. The third-order valence-electron chi connectivity index (χ3n) is 5.16. The van der Waals surface area contributed by atoms with Crippen LogP contribution in [0.3, 0.4) is 0 Å². The number of thiazole rings is 1. The number of carbonyl (C=O) groups is 1. The standard InChI is InChI=1S/C21H29N3O2S/c1-5-19-22-15(2)20(27-19)16(3)23(4)21(25)18-14-24(11-12-26-18)13-17-9-7-6-8-10-17/h6-10,16,18H,5,11-14H2,1-4H3/t16-,18+/m1/s1. The number of rotatable bonds is 6. The average Bonchev–Trinajstić information content (AvgIpc) is 3.08. The number of hydrogen-bond acceptors (Lipinski definition) is 5. The molecule has 1 aromatic carbocycles. The minimum absolute atomic E-state index is 0.00315. The predicted molar refractivity (Wildman–Crippen MR) is 109 cm³/mol. The zero-order chi connectivity index (χ0) is 19.4. The quantitative estimate of drug-likeness (QED) is 0.762. The molecule has 0 spiro atoms. The number of aryl methyl sites for hydroxylation is 2. The summed E-state index contributed by atoms with van der Waals surface area (Å²) in [5, 5.41) is 1.12. The summed E-state index contributed by atoms with van der Waals surface area (Å²) >= 11 is 1.71. The van der Waals surface area contributed by atoms with Crippen molar-refractivity contribution in [3.8, 4) is 0 Å². The summed E-state index contributed by atoms with van der Waals surface area (Å²) in [5.41, 5.74) is 2.29. The number of likely N-dealkylation sites (N-methyl/N-ethyl adjacent to an activating group) is 1. The molecule has 6 heteroatoms. The van der Waals surface area contributed by atoms with Crippen molar-refractivity contribution in [2.75, 3.05) is 26.7 Å². The molecule has 0 N–H and O–H groups in total. The Labute approximate surface area is 166 Å². The molecule has 2 heterocycles. The fraction of sp³-hybridized carbons (Fsp3) is 0.524. The number of carbonyl (C=O) groups excluding carboxylic acids is 1. The molecule has 0 radical (unpaired) electrons. The second kappa shape index (κ2) is 8.95. The second-order valence-electron chi connectivity index (χ2n) is 7.12. The first-order chi connectivity index (χ1) is 13.0. The lowest BCUT2D eigenvalue weighted by molar-refractivity contribution is -0.150. The SMILES string of the molecule is CCc1nc(C)c([C@@H](C)N(C)C(=O)[C@@H]2CN(Cc3ccccc3)CCO2)s1. The second-order valence-corrected chi connectivity index (χ2v) is 8.23. The third-order valence-corrected chi connectivity index (χ3v) is 6.63. The van der Waals surface area contributed by atoms with Crippen molar-refractivity contribution in [2.24, 2.45) is 0 Å². The van der Waals surface area contributed by atoms with Crippen LogP contribution in [0, 0.1) is 6.92 Å². The van der Waals surface area contributed by atoms with E-state index in [4.69, 9.17) is 4.74 Å². The van der Waals surface area contributed by atoms with Crippen LogP contribution in [0.1, 0.15) is 41.0 Å². The number of benzene rings is 1. The van der Waals surface area contributed by atoms with Crippen molar-refractivity contribution in [3.63, 3.8) is 0 Å². The van der Waals surface area contributed by atoms with Crippen LogP contribution in [0.5, 0.6) is 0 Å². The van der Waals surface area contributed by atoms with Gasteiger partial charge in [-0.15, -0.1) is 11.3 Å². The van der Waals surface area contributed by atoms with Gasteiger partial charge in [0.05, 0.1) is 23.4 Å². The summed E-state index contributed by atoms with van der Waals surface area (Å²) in [7, 11) is 1.87. The molecular weight excluding hydrogens is 358 g/mol. The highest BCUT2D eigenvalue weighted by Gasteiger charge is 2.32. The molecule has 0 saturated carbocycles. The Morgan fingerprint density at radius 3 is 2.81 bits per heavy atom. The summed E-state index contributed by atoms with van der Waals surface area (Å²) in [5.74, 6) is 0.0473. The largest absolute Gasteiger partial charge is 0.366 e. The van der Waals surface area contributed by atoms with Gasteiger partial charge in [-0.25, -0.2) is 4.98 Å². The molecule has 1 aliphatic rings. The van der Waals surface area contributed by atoms with Crippen LogP contribution in [0.15, 0.2) is 30.3 Å². The predicted octanol–water partition coefficient (Wildman–Crippen LogP) is 3.43. The highest BCUT2D eigenvalue weighted by Crippen LogP contribution is 2.29. The van der Waals surface area contributed by atoms with Crippen molar-refractivity contribution < 1.29 is 9.53 Å². The van der Waals surface area contributed by atoms with E-state index in [9.17, 15) is 4.79 Å². The Morgan fingerprint density at radius 2 is 2.15 bits per heavy atom. The number of hydrogen-bond donors (Lipinski definition) is 0. The Balaban J connectivity index is 1.64. The van der Waals surface area contributed by atoms with E-state index in [-0.39, 0.29) is 11.9 Å². The summed E-state index contributed by atoms with van der Waals surface area (Å²) in [6.45, 7) is 9.13. The molecule has 2 atom stereocenters. The normalized spacial score (nSPS) is 19.0. The lowest BCUT2D eigenvalue weighted by atomic mass is 10.1. The van der Waals surface area contributed by atoms with Gasteiger partial charge in [-0.3, -0.25) is 9.69 Å². The maximum atomic E-state index is 13.1. The van der Waals surface area contributed by atoms with E-state index in [0.29, 0.717) is 13.2 Å². The van der Waals surface area contributed by atoms with Gasteiger partial charge in [-0.1, -0.05) is 37.3 Å². The van der Waals surface area contributed by atoms with Crippen molar-refractivity contribution in [3.05, 3.63) is 51.5 Å². The van der Waals surface area contributed by atoms with E-state index in [0.717, 1.165) is 30.2 Å². The fourth-order valence-corrected chi connectivity index (χ4v) is 4.54. The van der Waals surface area contributed by atoms with E-state index < -0.39 is 6.10 Å². The monoisotopic (exact) mass is 387 g/mol. The van der Waals surface area contributed by atoms with Gasteiger partial charge in [0.1, 0.15) is 6.10 Å². The molecule has 1 saturated heterocycles. The molecule has 3 rings (SSSR count). The lowest BCUT2D eigenvalue weighted by Crippen LogP contribution is -2.50. The van der Waals surface area contributed by atoms with E-state index >= 15 is 0 Å². The molecule has 1 fully saturated rings. The number of nitrogens with zero attached hydrogens (tertiary/aromatic N) is 3. The van der Waals surface area contributed by atoms with Gasteiger partial charge in [0.25, 0.3) is 5.91 Å². The molecule has 146 valence electrons. The number of ether oxygens (including phenoxy) is 1. The first-order valence-corrected chi connectivity index (χ1v) is 10.4. The van der Waals surface area contributed by atoms with Gasteiger partial charge in [-0.2, -0.15) is 0 Å². The Hall–Kier alpha value is -1.76. The smallest absolute Gasteiger partial charge is 0.253 e. The van der Waals surface area contributed by atoms with Crippen molar-refractivity contribution >= 4 is 17.2 Å². The van der Waals surface area contributed by atoms with Crippen molar-refractivity contribution in [1.29, 1.82) is 0 Å². The maximum absolute atomic E-state index is 13.1. The minimum atomic E-state index is -0.409. The van der Waals surface area contributed by atoms with E-state index in [1.807, 2.05) is 24.9 Å². The highest BCUT2D eigenvalue weighted by atomic mass is 32.1. The summed E-state index contributed by atoms with van der Waals surface area (Å²) < 4.78 is 5.83. The number of aromatic nitrogens is 1. The number of morpholine rings is 1. The molecule has 0 aliphatic carbocycles. The van der Waals surface area contributed by atoms with Crippen LogP contribution in [-0.2, 0) is 22.5 Å². The van der Waals surface area contributed by atoms with E-state index in [1.165, 1.54) is 10.4 Å². The average molecular weight is 388 g/mol. The van der Waals surface area contributed by atoms with Crippen LogP contribution in [0.4, 0.5) is 0 Å². The number of amides is 1. The van der Waals surface area contributed by atoms with Crippen LogP contribution >= 0.6 is 11.3 Å². The minimum Gasteiger partial charge on any atom is -0.366 e. The zero-order valence-corrected chi connectivity index (χ0v) is 17.5. The van der Waals surface area contributed by atoms with Crippen LogP contribution in [0.2, 0.25) is 0 Å². The molecular formula is C21H29N3O2S. The highest BCUT2D eigenvalue weighted by molar-refractivity contribution is 7.11. The molecule has 1 aliphatic heterocycles. The van der Waals surface area contributed by atoms with Crippen molar-refractivity contribution in [1.82, 2.24) is 14.8 Å². The Morgan fingerprint density at radius 1 is 1.41 bits per heavy atom. The molecule has 1 aromatic heterocycles. The summed E-state index contributed by atoms with van der Waals surface area (Å²) in [4.78, 5) is 22.9. The van der Waals surface area contributed by atoms with Gasteiger partial charge in [0.2, 0.25) is 0 Å². The topological polar surface area (TPSA) is 45.7 Å². The summed E-state index contributed by atoms with van der Waals surface area (Å²) in [6.07, 6.45) is 0.518. The third kappa shape index (κ3) is 4.75. The van der Waals surface area contributed by atoms with Gasteiger partial charge in [0.15, 0.2) is 0 Å². The maximum Gasteiger partial charge on any atom is 0.253 e. The van der Waals surface area contributed by atoms with Crippen LogP contribution in [-0.4, -0.2) is 53.5 Å². The van der Waals surface area contributed by atoms with Gasteiger partial charge in [-0.05, 0) is 25.8 Å². The van der Waals surface area contributed by atoms with Crippen LogP contribution < -0.4 is 0 Å². The van der Waals surface area contributed by atoms with Gasteiger partial charge < -0.3 is 9.64 Å². The van der Waals surface area contributed by atoms with E-state index in [2.05, 4.69) is 48.0 Å². The molecule has 5 nitrogen and oxygen atoms in total.